The normalized spacial score (nSPS) is 13.3. The molecular formula is C13H20NO4P. The molecule has 0 saturated carbocycles. The van der Waals surface area contributed by atoms with Crippen LogP contribution >= 0.6 is 7.60 Å². The molecular weight excluding hydrogens is 265 g/mol. The van der Waals surface area contributed by atoms with Crippen molar-refractivity contribution in [1.29, 1.82) is 0 Å². The molecule has 6 heteroatoms. The first-order chi connectivity index (χ1) is 8.80. The first-order valence-corrected chi connectivity index (χ1v) is 7.87. The minimum Gasteiger partial charge on any atom is -0.342 e. The van der Waals surface area contributed by atoms with Gasteiger partial charge in [-0.25, -0.2) is 0 Å². The van der Waals surface area contributed by atoms with Crippen molar-refractivity contribution >= 4 is 13.5 Å². The van der Waals surface area contributed by atoms with Crippen LogP contribution in [-0.2, 0) is 15.8 Å². The van der Waals surface area contributed by atoms with E-state index in [-0.39, 0.29) is 18.2 Å². The maximum atomic E-state index is 11.7. The van der Waals surface area contributed by atoms with Crippen LogP contribution in [0.25, 0.3) is 0 Å². The number of aryl methyl sites for hydroxylation is 1. The van der Waals surface area contributed by atoms with E-state index in [1.54, 1.807) is 13.8 Å². The van der Waals surface area contributed by atoms with Gasteiger partial charge in [-0.15, -0.1) is 0 Å². The van der Waals surface area contributed by atoms with Gasteiger partial charge in [-0.3, -0.25) is 9.36 Å². The summed E-state index contributed by atoms with van der Waals surface area (Å²) in [6, 6.07) is 9.50. The molecule has 0 saturated heterocycles. The van der Waals surface area contributed by atoms with Crippen molar-refractivity contribution < 1.29 is 19.1 Å². The van der Waals surface area contributed by atoms with Crippen molar-refractivity contribution in [3.63, 3.8) is 0 Å². The summed E-state index contributed by atoms with van der Waals surface area (Å²) in [5.74, 6) is -1.77. The topological polar surface area (TPSA) is 86.6 Å². The summed E-state index contributed by atoms with van der Waals surface area (Å²) in [6.07, 6.45) is 0.770. The van der Waals surface area contributed by atoms with Gasteiger partial charge in [0.05, 0.1) is 0 Å². The fourth-order valence-corrected chi connectivity index (χ4v) is 2.87. The SMILES string of the molecule is CC(C)C(NC(=O)CCc1ccccc1)P(=O)(O)O. The lowest BCUT2D eigenvalue weighted by molar-refractivity contribution is -0.121. The second kappa shape index (κ2) is 6.85. The van der Waals surface area contributed by atoms with Crippen molar-refractivity contribution in [3.8, 4) is 0 Å². The molecule has 0 heterocycles. The van der Waals surface area contributed by atoms with E-state index >= 15 is 0 Å². The van der Waals surface area contributed by atoms with E-state index in [2.05, 4.69) is 5.32 Å². The zero-order valence-electron chi connectivity index (χ0n) is 11.1. The summed E-state index contributed by atoms with van der Waals surface area (Å²) in [6.45, 7) is 3.34. The quantitative estimate of drug-likeness (QED) is 0.697. The Balaban J connectivity index is 2.52. The van der Waals surface area contributed by atoms with Gasteiger partial charge >= 0.3 is 7.60 Å². The Morgan fingerprint density at radius 3 is 2.32 bits per heavy atom. The van der Waals surface area contributed by atoms with Crippen LogP contribution in [0.4, 0.5) is 0 Å². The number of carbonyl (C=O) groups is 1. The maximum Gasteiger partial charge on any atom is 0.347 e. The molecule has 0 spiro atoms. The predicted molar refractivity (Wildman–Crippen MR) is 73.6 cm³/mol. The third-order valence-electron chi connectivity index (χ3n) is 2.79. The number of benzene rings is 1. The van der Waals surface area contributed by atoms with Gasteiger partial charge in [-0.2, -0.15) is 0 Å². The molecule has 0 bridgehead atoms. The van der Waals surface area contributed by atoms with Gasteiger partial charge < -0.3 is 15.1 Å². The van der Waals surface area contributed by atoms with Crippen molar-refractivity contribution in [1.82, 2.24) is 5.32 Å². The smallest absolute Gasteiger partial charge is 0.342 e. The lowest BCUT2D eigenvalue weighted by Crippen LogP contribution is -2.38. The molecule has 0 aromatic heterocycles. The molecule has 1 aromatic carbocycles. The molecule has 0 aliphatic heterocycles. The third-order valence-corrected chi connectivity index (χ3v) is 4.24. The van der Waals surface area contributed by atoms with Gasteiger partial charge in [0.25, 0.3) is 0 Å². The molecule has 5 nitrogen and oxygen atoms in total. The van der Waals surface area contributed by atoms with E-state index in [0.717, 1.165) is 5.56 Å². The van der Waals surface area contributed by atoms with Gasteiger partial charge in [0.15, 0.2) is 0 Å². The molecule has 3 N–H and O–H groups in total. The molecule has 1 aromatic rings. The van der Waals surface area contributed by atoms with Crippen molar-refractivity contribution in [3.05, 3.63) is 35.9 Å². The lowest BCUT2D eigenvalue weighted by Gasteiger charge is -2.23. The molecule has 1 amide bonds. The molecule has 0 aliphatic rings. The number of nitrogens with one attached hydrogen (secondary N) is 1. The van der Waals surface area contributed by atoms with Gasteiger partial charge in [-0.1, -0.05) is 44.2 Å². The Hall–Kier alpha value is -1.16. The Bertz CT molecular complexity index is 455. The standard InChI is InChI=1S/C13H20NO4P/c1-10(2)13(19(16,17)18)14-12(15)9-8-11-6-4-3-5-7-11/h3-7,10,13H,8-9H2,1-2H3,(H,14,15)(H2,16,17,18). The van der Waals surface area contributed by atoms with Crippen molar-refractivity contribution in [2.45, 2.75) is 32.5 Å². The number of hydrogen-bond donors (Lipinski definition) is 3. The molecule has 106 valence electrons. The van der Waals surface area contributed by atoms with Gasteiger partial charge in [0.2, 0.25) is 5.91 Å². The number of hydrogen-bond acceptors (Lipinski definition) is 2. The number of amides is 1. The molecule has 0 radical (unpaired) electrons. The van der Waals surface area contributed by atoms with E-state index in [4.69, 9.17) is 0 Å². The summed E-state index contributed by atoms with van der Waals surface area (Å²) in [5, 5.41) is 2.42. The first kappa shape index (κ1) is 15.9. The van der Waals surface area contributed by atoms with Crippen LogP contribution in [0.2, 0.25) is 0 Å². The molecule has 19 heavy (non-hydrogen) atoms. The Morgan fingerprint density at radius 1 is 1.26 bits per heavy atom. The minimum absolute atomic E-state index is 0.216. The highest BCUT2D eigenvalue weighted by Gasteiger charge is 2.32. The average molecular weight is 285 g/mol. The Morgan fingerprint density at radius 2 is 1.84 bits per heavy atom. The fraction of sp³-hybridized carbons (Fsp3) is 0.462. The van der Waals surface area contributed by atoms with Crippen molar-refractivity contribution in [2.75, 3.05) is 0 Å². The van der Waals surface area contributed by atoms with E-state index in [0.29, 0.717) is 6.42 Å². The van der Waals surface area contributed by atoms with Crippen LogP contribution in [0.1, 0.15) is 25.8 Å². The van der Waals surface area contributed by atoms with Gasteiger partial charge in [0.1, 0.15) is 5.78 Å². The van der Waals surface area contributed by atoms with Crippen LogP contribution in [0.15, 0.2) is 30.3 Å². The minimum atomic E-state index is -4.31. The predicted octanol–water partition coefficient (Wildman–Crippen LogP) is 1.90. The van der Waals surface area contributed by atoms with E-state index in [1.165, 1.54) is 0 Å². The average Bonchev–Trinajstić information content (AvgIpc) is 2.33. The zero-order chi connectivity index (χ0) is 14.5. The van der Waals surface area contributed by atoms with Gasteiger partial charge in [-0.05, 0) is 17.9 Å². The Labute approximate surface area is 113 Å². The largest absolute Gasteiger partial charge is 0.347 e. The van der Waals surface area contributed by atoms with Crippen LogP contribution < -0.4 is 5.32 Å². The van der Waals surface area contributed by atoms with E-state index in [9.17, 15) is 19.1 Å². The number of rotatable bonds is 6. The summed E-state index contributed by atoms with van der Waals surface area (Å²) >= 11 is 0. The molecule has 1 rings (SSSR count). The Kier molecular flexibility index (Phi) is 5.73. The zero-order valence-corrected chi connectivity index (χ0v) is 12.0. The molecule has 1 unspecified atom stereocenters. The van der Waals surface area contributed by atoms with E-state index < -0.39 is 13.4 Å². The fourth-order valence-electron chi connectivity index (χ4n) is 1.78. The highest BCUT2D eigenvalue weighted by atomic mass is 31.2. The van der Waals surface area contributed by atoms with Crippen LogP contribution in [-0.4, -0.2) is 21.5 Å². The van der Waals surface area contributed by atoms with Gasteiger partial charge in [0, 0.05) is 6.42 Å². The second-order valence-corrected chi connectivity index (χ2v) is 6.57. The lowest BCUT2D eigenvalue weighted by atomic mass is 10.1. The highest BCUT2D eigenvalue weighted by Crippen LogP contribution is 2.43. The summed E-state index contributed by atoms with van der Waals surface area (Å²) in [7, 11) is -4.31. The molecule has 1 atom stereocenters. The molecule has 0 aliphatic carbocycles. The van der Waals surface area contributed by atoms with Crippen LogP contribution in [0.3, 0.4) is 0 Å². The summed E-state index contributed by atoms with van der Waals surface area (Å²) in [4.78, 5) is 30.1. The van der Waals surface area contributed by atoms with Crippen LogP contribution in [0, 0.1) is 5.92 Å². The highest BCUT2D eigenvalue weighted by molar-refractivity contribution is 7.52. The molecule has 0 fully saturated rings. The first-order valence-electron chi connectivity index (χ1n) is 6.19. The van der Waals surface area contributed by atoms with Crippen LogP contribution in [0.5, 0.6) is 0 Å². The summed E-state index contributed by atoms with van der Waals surface area (Å²) in [5.41, 5.74) is 1.02. The maximum absolute atomic E-state index is 11.7. The summed E-state index contributed by atoms with van der Waals surface area (Å²) < 4.78 is 11.3. The van der Waals surface area contributed by atoms with Crippen molar-refractivity contribution in [2.24, 2.45) is 5.92 Å². The third kappa shape index (κ3) is 5.55. The van der Waals surface area contributed by atoms with E-state index in [1.807, 2.05) is 30.3 Å². The number of carbonyl (C=O) groups excluding carboxylic acids is 1. The second-order valence-electron chi connectivity index (χ2n) is 4.83. The monoisotopic (exact) mass is 285 g/mol.